The van der Waals surface area contributed by atoms with Crippen molar-refractivity contribution in [3.63, 3.8) is 0 Å². The second-order valence-corrected chi connectivity index (χ2v) is 5.89. The first-order chi connectivity index (χ1) is 12.8. The Bertz CT molecular complexity index is 782. The van der Waals surface area contributed by atoms with Crippen molar-refractivity contribution in [3.8, 4) is 11.8 Å². The molecule has 0 radical (unpaired) electrons. The summed E-state index contributed by atoms with van der Waals surface area (Å²) in [6, 6.07) is 7.13. The predicted octanol–water partition coefficient (Wildman–Crippen LogP) is 3.19. The second-order valence-electron chi connectivity index (χ2n) is 5.89. The number of likely N-dealkylation sites (tertiary alicyclic amines) is 1. The molecule has 0 bridgehead atoms. The number of ether oxygens (including phenoxy) is 2. The molecule has 1 aliphatic heterocycles. The van der Waals surface area contributed by atoms with Gasteiger partial charge in [-0.3, -0.25) is 0 Å². The van der Waals surface area contributed by atoms with Gasteiger partial charge < -0.3 is 19.7 Å². The Labute approximate surface area is 153 Å². The van der Waals surface area contributed by atoms with Crippen LogP contribution in [-0.2, 0) is 6.18 Å². The highest BCUT2D eigenvalue weighted by atomic mass is 19.4. The molecule has 0 saturated carbocycles. The van der Waals surface area contributed by atoms with E-state index < -0.39 is 17.8 Å². The molecule has 27 heavy (non-hydrogen) atoms. The Morgan fingerprint density at radius 3 is 2.41 bits per heavy atom. The average Bonchev–Trinajstić information content (AvgIpc) is 3.11. The highest BCUT2D eigenvalue weighted by Gasteiger charge is 2.31. The first kappa shape index (κ1) is 18.7. The molecule has 2 amide bonds. The molecule has 144 valence electrons. The van der Waals surface area contributed by atoms with E-state index in [-0.39, 0.29) is 6.10 Å². The molecule has 0 aliphatic carbocycles. The number of methoxy groups -OCH3 is 1. The largest absolute Gasteiger partial charge is 0.480 e. The van der Waals surface area contributed by atoms with Crippen molar-refractivity contribution in [2.75, 3.05) is 25.5 Å². The van der Waals surface area contributed by atoms with Crippen LogP contribution in [0.3, 0.4) is 0 Å². The maximum Gasteiger partial charge on any atom is 0.416 e. The topological polar surface area (TPSA) is 76.6 Å². The van der Waals surface area contributed by atoms with E-state index in [2.05, 4.69) is 15.5 Å². The SMILES string of the molecule is COc1ccc(OC2CCN(C(=O)Nc3ccc(C(F)(F)F)cc3)C2)nn1. The average molecular weight is 382 g/mol. The number of amides is 2. The molecule has 10 heteroatoms. The summed E-state index contributed by atoms with van der Waals surface area (Å²) >= 11 is 0. The van der Waals surface area contributed by atoms with Crippen LogP contribution in [0, 0.1) is 0 Å². The maximum atomic E-state index is 12.6. The number of nitrogens with zero attached hydrogens (tertiary/aromatic N) is 3. The number of anilines is 1. The predicted molar refractivity (Wildman–Crippen MR) is 89.7 cm³/mol. The van der Waals surface area contributed by atoms with Gasteiger partial charge in [-0.1, -0.05) is 0 Å². The van der Waals surface area contributed by atoms with Crippen molar-refractivity contribution in [2.24, 2.45) is 0 Å². The minimum absolute atomic E-state index is 0.244. The Kier molecular flexibility index (Phi) is 5.33. The molecule has 1 aliphatic rings. The highest BCUT2D eigenvalue weighted by molar-refractivity contribution is 5.89. The summed E-state index contributed by atoms with van der Waals surface area (Å²) < 4.78 is 48.3. The molecule has 1 aromatic heterocycles. The zero-order valence-corrected chi connectivity index (χ0v) is 14.4. The summed E-state index contributed by atoms with van der Waals surface area (Å²) in [7, 11) is 1.48. The number of carbonyl (C=O) groups is 1. The number of nitrogens with one attached hydrogen (secondary N) is 1. The first-order valence-electron chi connectivity index (χ1n) is 8.13. The summed E-state index contributed by atoms with van der Waals surface area (Å²) in [5, 5.41) is 10.3. The van der Waals surface area contributed by atoms with Crippen LogP contribution in [0.1, 0.15) is 12.0 Å². The van der Waals surface area contributed by atoms with Gasteiger partial charge in [0.05, 0.1) is 19.2 Å². The number of alkyl halides is 3. The van der Waals surface area contributed by atoms with Crippen molar-refractivity contribution >= 4 is 11.7 Å². The van der Waals surface area contributed by atoms with Crippen LogP contribution in [0.15, 0.2) is 36.4 Å². The fourth-order valence-electron chi connectivity index (χ4n) is 2.60. The van der Waals surface area contributed by atoms with Crippen LogP contribution >= 0.6 is 0 Å². The zero-order chi connectivity index (χ0) is 19.4. The van der Waals surface area contributed by atoms with E-state index in [1.807, 2.05) is 0 Å². The van der Waals surface area contributed by atoms with Gasteiger partial charge in [0, 0.05) is 30.8 Å². The van der Waals surface area contributed by atoms with Crippen LogP contribution in [0.5, 0.6) is 11.8 Å². The summed E-state index contributed by atoms with van der Waals surface area (Å²) in [6.45, 7) is 0.793. The molecule has 1 saturated heterocycles. The summed E-state index contributed by atoms with van der Waals surface area (Å²) in [4.78, 5) is 13.8. The Balaban J connectivity index is 1.52. The number of rotatable bonds is 4. The lowest BCUT2D eigenvalue weighted by molar-refractivity contribution is -0.137. The molecule has 0 spiro atoms. The molecular formula is C17H17F3N4O3. The van der Waals surface area contributed by atoms with Gasteiger partial charge in [-0.05, 0) is 24.3 Å². The Morgan fingerprint density at radius 2 is 1.81 bits per heavy atom. The van der Waals surface area contributed by atoms with Gasteiger partial charge in [0.1, 0.15) is 6.10 Å². The van der Waals surface area contributed by atoms with E-state index in [0.29, 0.717) is 37.0 Å². The number of hydrogen-bond acceptors (Lipinski definition) is 5. The quantitative estimate of drug-likeness (QED) is 0.879. The Morgan fingerprint density at radius 1 is 1.15 bits per heavy atom. The van der Waals surface area contributed by atoms with Crippen LogP contribution in [0.25, 0.3) is 0 Å². The molecule has 2 aromatic rings. The van der Waals surface area contributed by atoms with E-state index in [4.69, 9.17) is 9.47 Å². The Hall–Kier alpha value is -3.04. The third-order valence-corrected chi connectivity index (χ3v) is 4.01. The van der Waals surface area contributed by atoms with Gasteiger partial charge in [-0.25, -0.2) is 4.79 Å². The molecule has 3 rings (SSSR count). The molecule has 1 atom stereocenters. The van der Waals surface area contributed by atoms with Crippen LogP contribution in [0.2, 0.25) is 0 Å². The summed E-state index contributed by atoms with van der Waals surface area (Å²) in [5.74, 6) is 0.692. The lowest BCUT2D eigenvalue weighted by atomic mass is 10.2. The standard InChI is InChI=1S/C17H17F3N4O3/c1-26-14-6-7-15(23-22-14)27-13-8-9-24(10-13)16(25)21-12-4-2-11(3-5-12)17(18,19)20/h2-7,13H,8-10H2,1H3,(H,21,25). The van der Waals surface area contributed by atoms with Crippen molar-refractivity contribution < 1.29 is 27.4 Å². The van der Waals surface area contributed by atoms with Crippen molar-refractivity contribution in [1.29, 1.82) is 0 Å². The fraction of sp³-hybridized carbons (Fsp3) is 0.353. The number of hydrogen-bond donors (Lipinski definition) is 1. The van der Waals surface area contributed by atoms with Gasteiger partial charge in [-0.15, -0.1) is 10.2 Å². The first-order valence-corrected chi connectivity index (χ1v) is 8.13. The van der Waals surface area contributed by atoms with Crippen molar-refractivity contribution in [2.45, 2.75) is 18.7 Å². The van der Waals surface area contributed by atoms with Gasteiger partial charge in [0.25, 0.3) is 0 Å². The van der Waals surface area contributed by atoms with Gasteiger partial charge in [0.15, 0.2) is 0 Å². The lowest BCUT2D eigenvalue weighted by Crippen LogP contribution is -2.34. The second kappa shape index (κ2) is 7.68. The number of benzene rings is 1. The number of aromatic nitrogens is 2. The van der Waals surface area contributed by atoms with E-state index in [1.165, 1.54) is 24.1 Å². The van der Waals surface area contributed by atoms with E-state index >= 15 is 0 Å². The van der Waals surface area contributed by atoms with Gasteiger partial charge >= 0.3 is 12.2 Å². The van der Waals surface area contributed by atoms with Gasteiger partial charge in [0.2, 0.25) is 11.8 Å². The van der Waals surface area contributed by atoms with Crippen LogP contribution in [-0.4, -0.2) is 47.4 Å². The van der Waals surface area contributed by atoms with Gasteiger partial charge in [-0.2, -0.15) is 13.2 Å². The minimum Gasteiger partial charge on any atom is -0.480 e. The fourth-order valence-corrected chi connectivity index (χ4v) is 2.60. The lowest BCUT2D eigenvalue weighted by Gasteiger charge is -2.18. The van der Waals surface area contributed by atoms with Crippen LogP contribution < -0.4 is 14.8 Å². The third-order valence-electron chi connectivity index (χ3n) is 4.01. The minimum atomic E-state index is -4.41. The monoisotopic (exact) mass is 382 g/mol. The third kappa shape index (κ3) is 4.78. The molecule has 2 heterocycles. The van der Waals surface area contributed by atoms with Crippen molar-refractivity contribution in [3.05, 3.63) is 42.0 Å². The number of halogens is 3. The van der Waals surface area contributed by atoms with E-state index in [9.17, 15) is 18.0 Å². The molecule has 1 unspecified atom stereocenters. The van der Waals surface area contributed by atoms with E-state index in [0.717, 1.165) is 12.1 Å². The summed E-state index contributed by atoms with van der Waals surface area (Å²) in [5.41, 5.74) is -0.478. The zero-order valence-electron chi connectivity index (χ0n) is 14.4. The van der Waals surface area contributed by atoms with E-state index in [1.54, 1.807) is 12.1 Å². The smallest absolute Gasteiger partial charge is 0.416 e. The summed E-state index contributed by atoms with van der Waals surface area (Å²) in [6.07, 6.45) is -4.05. The normalized spacial score (nSPS) is 16.9. The van der Waals surface area contributed by atoms with Crippen molar-refractivity contribution in [1.82, 2.24) is 15.1 Å². The molecule has 1 fully saturated rings. The van der Waals surface area contributed by atoms with Crippen LogP contribution in [0.4, 0.5) is 23.7 Å². The molecule has 7 nitrogen and oxygen atoms in total. The highest BCUT2D eigenvalue weighted by Crippen LogP contribution is 2.30. The molecule has 1 aromatic carbocycles. The maximum absolute atomic E-state index is 12.6. The molecular weight excluding hydrogens is 365 g/mol. The number of urea groups is 1. The molecule has 1 N–H and O–H groups in total. The number of carbonyl (C=O) groups excluding carboxylic acids is 1.